The second-order valence-electron chi connectivity index (χ2n) is 2.07. The van der Waals surface area contributed by atoms with E-state index in [4.69, 9.17) is 11.6 Å². The van der Waals surface area contributed by atoms with E-state index in [-0.39, 0.29) is 8.80 Å². The number of hydrogen-bond acceptors (Lipinski definition) is 1. The van der Waals surface area contributed by atoms with Gasteiger partial charge in [0.15, 0.2) is 0 Å². The van der Waals surface area contributed by atoms with Crippen molar-refractivity contribution in [3.63, 3.8) is 0 Å². The van der Waals surface area contributed by atoms with Gasteiger partial charge >= 0.3 is 0 Å². The molecule has 1 atom stereocenters. The van der Waals surface area contributed by atoms with Crippen molar-refractivity contribution in [3.8, 4) is 0 Å². The lowest BCUT2D eigenvalue weighted by atomic mass is 10.3. The monoisotopic (exact) mass is 244 g/mol. The zero-order valence-electron chi connectivity index (χ0n) is 4.23. The first-order valence-electron chi connectivity index (χ1n) is 2.47. The van der Waals surface area contributed by atoms with Gasteiger partial charge in [-0.05, 0) is 12.8 Å². The molecule has 1 fully saturated rings. The molecule has 1 unspecified atom stereocenters. The zero-order valence-corrected chi connectivity index (χ0v) is 7.15. The Morgan fingerprint density at radius 2 is 2.25 bits per heavy atom. The van der Waals surface area contributed by atoms with Crippen LogP contribution in [0.5, 0.6) is 0 Å². The summed E-state index contributed by atoms with van der Waals surface area (Å²) < 4.78 is 0.126. The Bertz CT molecular complexity index is 111. The van der Waals surface area contributed by atoms with Gasteiger partial charge in [-0.15, -0.1) is 11.6 Å². The molecule has 0 bridgehead atoms. The van der Waals surface area contributed by atoms with Crippen LogP contribution in [0.25, 0.3) is 0 Å². The fourth-order valence-electron chi connectivity index (χ4n) is 0.517. The Hall–Kier alpha value is 0.690. The van der Waals surface area contributed by atoms with Crippen molar-refractivity contribution in [1.82, 2.24) is 0 Å². The Labute approximate surface area is 66.9 Å². The molecule has 0 N–H and O–H groups in total. The molecule has 8 heavy (non-hydrogen) atoms. The van der Waals surface area contributed by atoms with Crippen LogP contribution >= 0.6 is 34.2 Å². The first kappa shape index (κ1) is 6.81. The summed E-state index contributed by atoms with van der Waals surface area (Å²) in [6.45, 7) is 0. The van der Waals surface area contributed by atoms with Gasteiger partial charge in [-0.25, -0.2) is 0 Å². The first-order chi connectivity index (χ1) is 3.69. The molecule has 1 saturated carbocycles. The minimum absolute atomic E-state index is 0.126. The van der Waals surface area contributed by atoms with Gasteiger partial charge in [0.1, 0.15) is 11.7 Å². The smallest absolute Gasteiger partial charge is 0.139 e. The van der Waals surface area contributed by atoms with Crippen LogP contribution in [0.4, 0.5) is 0 Å². The van der Waals surface area contributed by atoms with Gasteiger partial charge in [0.2, 0.25) is 0 Å². The van der Waals surface area contributed by atoms with Crippen LogP contribution in [0, 0.1) is 0 Å². The minimum Gasteiger partial charge on any atom is -0.302 e. The van der Waals surface area contributed by atoms with Crippen molar-refractivity contribution < 1.29 is 4.79 Å². The second kappa shape index (κ2) is 2.14. The zero-order chi connectivity index (χ0) is 6.20. The quantitative estimate of drug-likeness (QED) is 0.411. The summed E-state index contributed by atoms with van der Waals surface area (Å²) in [6.07, 6.45) is 3.02. The highest BCUT2D eigenvalue weighted by atomic mass is 127. The molecule has 0 aromatic heterocycles. The third kappa shape index (κ3) is 1.16. The van der Waals surface area contributed by atoms with Crippen LogP contribution in [0.15, 0.2) is 0 Å². The van der Waals surface area contributed by atoms with Crippen LogP contribution in [0.3, 0.4) is 0 Å². The molecule has 1 aliphatic carbocycles. The lowest BCUT2D eigenvalue weighted by Gasteiger charge is -2.04. The van der Waals surface area contributed by atoms with Crippen molar-refractivity contribution in [2.45, 2.75) is 21.6 Å². The summed E-state index contributed by atoms with van der Waals surface area (Å²) in [4.78, 5) is 10.1. The number of hydrogen-bond donors (Lipinski definition) is 0. The Morgan fingerprint density at radius 1 is 1.75 bits per heavy atom. The highest BCUT2D eigenvalue weighted by Crippen LogP contribution is 2.49. The summed E-state index contributed by atoms with van der Waals surface area (Å²) in [7, 11) is 0. The van der Waals surface area contributed by atoms with Crippen LogP contribution in [0.2, 0.25) is 0 Å². The molecule has 46 valence electrons. The third-order valence-electron chi connectivity index (χ3n) is 1.34. The van der Waals surface area contributed by atoms with Crippen molar-refractivity contribution in [2.24, 2.45) is 0 Å². The average Bonchev–Trinajstić information content (AvgIpc) is 2.47. The van der Waals surface area contributed by atoms with E-state index in [2.05, 4.69) is 22.6 Å². The minimum atomic E-state index is -0.261. The molecular weight excluding hydrogens is 238 g/mol. The van der Waals surface area contributed by atoms with Gasteiger partial charge in [0, 0.05) is 3.42 Å². The van der Waals surface area contributed by atoms with Gasteiger partial charge < -0.3 is 4.79 Å². The maximum atomic E-state index is 10.1. The van der Waals surface area contributed by atoms with E-state index in [1.165, 1.54) is 0 Å². The Morgan fingerprint density at radius 3 is 2.38 bits per heavy atom. The number of alkyl halides is 2. The predicted molar refractivity (Wildman–Crippen MR) is 41.7 cm³/mol. The van der Waals surface area contributed by atoms with E-state index in [9.17, 15) is 4.79 Å². The van der Waals surface area contributed by atoms with Crippen LogP contribution in [-0.4, -0.2) is 15.1 Å². The largest absolute Gasteiger partial charge is 0.302 e. The second-order valence-corrected chi connectivity index (χ2v) is 4.69. The topological polar surface area (TPSA) is 17.1 Å². The fourth-order valence-corrected chi connectivity index (χ4v) is 1.15. The molecule has 0 heterocycles. The van der Waals surface area contributed by atoms with E-state index in [0.29, 0.717) is 0 Å². The molecule has 1 aliphatic rings. The summed E-state index contributed by atoms with van der Waals surface area (Å²) in [5.41, 5.74) is 0. The number of halogens is 2. The lowest BCUT2D eigenvalue weighted by Crippen LogP contribution is -2.15. The molecule has 0 saturated heterocycles. The fraction of sp³-hybridized carbons (Fsp3) is 0.800. The molecule has 0 spiro atoms. The number of carbonyl (C=O) groups excluding carboxylic acids is 1. The van der Waals surface area contributed by atoms with Gasteiger partial charge in [0.25, 0.3) is 0 Å². The number of carbonyl (C=O) groups is 1. The molecule has 1 rings (SSSR count). The Balaban J connectivity index is 2.45. The molecule has 3 heteroatoms. The third-order valence-corrected chi connectivity index (χ3v) is 3.98. The van der Waals surface area contributed by atoms with E-state index in [1.54, 1.807) is 0 Å². The van der Waals surface area contributed by atoms with Crippen molar-refractivity contribution in [3.05, 3.63) is 0 Å². The van der Waals surface area contributed by atoms with Gasteiger partial charge in [-0.2, -0.15) is 0 Å². The van der Waals surface area contributed by atoms with E-state index in [1.807, 2.05) is 0 Å². The van der Waals surface area contributed by atoms with Crippen molar-refractivity contribution in [1.29, 1.82) is 0 Å². The molecule has 0 amide bonds. The SMILES string of the molecule is O=CC(Cl)C1(I)CC1. The molecule has 0 aliphatic heterocycles. The van der Waals surface area contributed by atoms with E-state index in [0.717, 1.165) is 19.1 Å². The van der Waals surface area contributed by atoms with Gasteiger partial charge in [0.05, 0.1) is 0 Å². The summed E-state index contributed by atoms with van der Waals surface area (Å²) in [6, 6.07) is 0. The number of rotatable bonds is 2. The Kier molecular flexibility index (Phi) is 1.82. The molecule has 0 aromatic rings. The molecule has 0 radical (unpaired) electrons. The van der Waals surface area contributed by atoms with Crippen molar-refractivity contribution >= 4 is 40.5 Å². The summed E-state index contributed by atoms with van der Waals surface area (Å²) in [5.74, 6) is 0. The normalized spacial score (nSPS) is 26.8. The van der Waals surface area contributed by atoms with E-state index < -0.39 is 0 Å². The maximum absolute atomic E-state index is 10.1. The standard InChI is InChI=1S/C5H6ClIO/c6-4(3-8)5(7)1-2-5/h3-4H,1-2H2. The number of aldehydes is 1. The van der Waals surface area contributed by atoms with Crippen LogP contribution < -0.4 is 0 Å². The lowest BCUT2D eigenvalue weighted by molar-refractivity contribution is -0.107. The predicted octanol–water partition coefficient (Wildman–Crippen LogP) is 1.76. The highest BCUT2D eigenvalue weighted by molar-refractivity contribution is 14.1. The van der Waals surface area contributed by atoms with Gasteiger partial charge in [-0.1, -0.05) is 22.6 Å². The highest BCUT2D eigenvalue weighted by Gasteiger charge is 2.46. The van der Waals surface area contributed by atoms with E-state index >= 15 is 0 Å². The van der Waals surface area contributed by atoms with Crippen molar-refractivity contribution in [2.75, 3.05) is 0 Å². The molecule has 1 nitrogen and oxygen atoms in total. The molecular formula is C5H6ClIO. The average molecular weight is 244 g/mol. The van der Waals surface area contributed by atoms with Crippen LogP contribution in [0.1, 0.15) is 12.8 Å². The maximum Gasteiger partial charge on any atom is 0.139 e. The van der Waals surface area contributed by atoms with Crippen LogP contribution in [-0.2, 0) is 4.79 Å². The van der Waals surface area contributed by atoms with Gasteiger partial charge in [-0.3, -0.25) is 0 Å². The summed E-state index contributed by atoms with van der Waals surface area (Å²) in [5, 5.41) is -0.261. The summed E-state index contributed by atoms with van der Waals surface area (Å²) >= 11 is 7.88. The first-order valence-corrected chi connectivity index (χ1v) is 3.99. The molecule has 0 aromatic carbocycles.